The lowest BCUT2D eigenvalue weighted by Gasteiger charge is -2.16. The van der Waals surface area contributed by atoms with Crippen LogP contribution in [0.25, 0.3) is 0 Å². The summed E-state index contributed by atoms with van der Waals surface area (Å²) in [5, 5.41) is 0. The number of aromatic nitrogens is 3. The van der Waals surface area contributed by atoms with Gasteiger partial charge in [0.1, 0.15) is 23.2 Å². The molecule has 2 aromatic heterocycles. The van der Waals surface area contributed by atoms with Crippen molar-refractivity contribution in [3.05, 3.63) is 65.8 Å². The fourth-order valence-corrected chi connectivity index (χ4v) is 3.37. The van der Waals surface area contributed by atoms with Crippen LogP contribution >= 0.6 is 0 Å². The third-order valence-corrected chi connectivity index (χ3v) is 4.71. The average Bonchev–Trinajstić information content (AvgIpc) is 3.31. The minimum absolute atomic E-state index is 0.296. The van der Waals surface area contributed by atoms with Crippen LogP contribution in [0.1, 0.15) is 35.4 Å². The largest absolute Gasteiger partial charge is 0.497 e. The number of nitrogens with zero attached hydrogens (tertiary/aromatic N) is 4. The highest BCUT2D eigenvalue weighted by Crippen LogP contribution is 2.30. The molecule has 0 spiro atoms. The van der Waals surface area contributed by atoms with Crippen molar-refractivity contribution in [1.82, 2.24) is 15.0 Å². The Morgan fingerprint density at radius 3 is 3.04 bits per heavy atom. The van der Waals surface area contributed by atoms with E-state index in [1.807, 2.05) is 43.6 Å². The highest BCUT2D eigenvalue weighted by molar-refractivity contribution is 5.39. The molecule has 0 N–H and O–H groups in total. The molecule has 26 heavy (non-hydrogen) atoms. The zero-order chi connectivity index (χ0) is 17.9. The molecule has 3 heterocycles. The van der Waals surface area contributed by atoms with E-state index in [4.69, 9.17) is 9.15 Å². The third-order valence-electron chi connectivity index (χ3n) is 4.71. The molecule has 134 valence electrons. The quantitative estimate of drug-likeness (QED) is 0.703. The maximum atomic E-state index is 6.04. The van der Waals surface area contributed by atoms with Gasteiger partial charge in [0.25, 0.3) is 0 Å². The molecule has 1 aliphatic heterocycles. The summed E-state index contributed by atoms with van der Waals surface area (Å²) in [4.78, 5) is 15.5. The summed E-state index contributed by atoms with van der Waals surface area (Å²) in [6.45, 7) is 3.74. The zero-order valence-electron chi connectivity index (χ0n) is 15.1. The van der Waals surface area contributed by atoms with E-state index in [2.05, 4.69) is 25.9 Å². The molecule has 1 saturated heterocycles. The summed E-state index contributed by atoms with van der Waals surface area (Å²) in [6.07, 6.45) is 5.38. The van der Waals surface area contributed by atoms with Gasteiger partial charge in [-0.25, -0.2) is 15.0 Å². The van der Waals surface area contributed by atoms with E-state index in [1.165, 1.54) is 0 Å². The molecule has 0 saturated carbocycles. The van der Waals surface area contributed by atoms with Gasteiger partial charge in [-0.15, -0.1) is 0 Å². The minimum atomic E-state index is 0.296. The van der Waals surface area contributed by atoms with Gasteiger partial charge in [0.15, 0.2) is 5.89 Å². The summed E-state index contributed by atoms with van der Waals surface area (Å²) in [7, 11) is 1.68. The second-order valence-electron chi connectivity index (χ2n) is 6.59. The fourth-order valence-electron chi connectivity index (χ4n) is 3.37. The Morgan fingerprint density at radius 2 is 2.19 bits per heavy atom. The smallest absolute Gasteiger partial charge is 0.199 e. The lowest BCUT2D eigenvalue weighted by Crippen LogP contribution is -2.20. The predicted octanol–water partition coefficient (Wildman–Crippen LogP) is 3.37. The third kappa shape index (κ3) is 3.54. The number of hydrogen-bond acceptors (Lipinski definition) is 6. The van der Waals surface area contributed by atoms with Crippen LogP contribution < -0.4 is 9.64 Å². The first-order chi connectivity index (χ1) is 12.7. The van der Waals surface area contributed by atoms with Crippen LogP contribution in [0, 0.1) is 6.92 Å². The zero-order valence-corrected chi connectivity index (χ0v) is 15.1. The van der Waals surface area contributed by atoms with E-state index in [0.29, 0.717) is 12.3 Å². The van der Waals surface area contributed by atoms with E-state index >= 15 is 0 Å². The van der Waals surface area contributed by atoms with Gasteiger partial charge >= 0.3 is 0 Å². The maximum Gasteiger partial charge on any atom is 0.199 e. The van der Waals surface area contributed by atoms with Crippen molar-refractivity contribution in [2.24, 2.45) is 0 Å². The van der Waals surface area contributed by atoms with Gasteiger partial charge in [-0.05, 0) is 37.1 Å². The van der Waals surface area contributed by atoms with Gasteiger partial charge in [0.2, 0.25) is 0 Å². The molecule has 0 amide bonds. The van der Waals surface area contributed by atoms with Crippen LogP contribution in [0.3, 0.4) is 0 Å². The van der Waals surface area contributed by atoms with Crippen molar-refractivity contribution >= 4 is 5.82 Å². The molecule has 0 radical (unpaired) electrons. The van der Waals surface area contributed by atoms with Gasteiger partial charge in [-0.3, -0.25) is 0 Å². The number of benzene rings is 1. The van der Waals surface area contributed by atoms with E-state index in [-0.39, 0.29) is 0 Å². The summed E-state index contributed by atoms with van der Waals surface area (Å²) >= 11 is 0. The molecule has 6 heteroatoms. The van der Waals surface area contributed by atoms with Crippen LogP contribution in [-0.4, -0.2) is 35.2 Å². The van der Waals surface area contributed by atoms with E-state index < -0.39 is 0 Å². The first-order valence-corrected chi connectivity index (χ1v) is 8.83. The molecule has 1 fully saturated rings. The maximum absolute atomic E-state index is 6.04. The Labute approximate surface area is 152 Å². The van der Waals surface area contributed by atoms with Crippen molar-refractivity contribution in [3.8, 4) is 5.75 Å². The molecule has 1 aliphatic rings. The molecule has 4 rings (SSSR count). The minimum Gasteiger partial charge on any atom is -0.497 e. The highest BCUT2D eigenvalue weighted by Gasteiger charge is 2.28. The lowest BCUT2D eigenvalue weighted by molar-refractivity contribution is 0.413. The second-order valence-corrected chi connectivity index (χ2v) is 6.59. The normalized spacial score (nSPS) is 16.8. The number of methoxy groups -OCH3 is 1. The molecular formula is C20H22N4O2. The predicted molar refractivity (Wildman–Crippen MR) is 98.6 cm³/mol. The van der Waals surface area contributed by atoms with Crippen LogP contribution in [0.4, 0.5) is 5.82 Å². The van der Waals surface area contributed by atoms with Crippen molar-refractivity contribution in [2.75, 3.05) is 25.1 Å². The first-order valence-electron chi connectivity index (χ1n) is 8.83. The van der Waals surface area contributed by atoms with E-state index in [9.17, 15) is 0 Å². The summed E-state index contributed by atoms with van der Waals surface area (Å²) < 4.78 is 11.3. The molecule has 1 atom stereocenters. The van der Waals surface area contributed by atoms with Crippen LogP contribution in [0.5, 0.6) is 5.75 Å². The van der Waals surface area contributed by atoms with E-state index in [1.54, 1.807) is 7.11 Å². The first kappa shape index (κ1) is 16.6. The Balaban J connectivity index is 1.43. The Morgan fingerprint density at radius 1 is 1.27 bits per heavy atom. The number of ether oxygens (including phenoxy) is 1. The molecule has 6 nitrogen and oxygen atoms in total. The number of hydrogen-bond donors (Lipinski definition) is 0. The summed E-state index contributed by atoms with van der Waals surface area (Å²) in [6, 6.07) is 9.98. The van der Waals surface area contributed by atoms with Crippen LogP contribution in [0.2, 0.25) is 0 Å². The Kier molecular flexibility index (Phi) is 4.56. The second kappa shape index (κ2) is 7.15. The topological polar surface area (TPSA) is 64.3 Å². The standard InChI is InChI=1S/C20H22N4O2/c1-14-21-8-6-19(23-14)24-9-7-16(13-24)20-22-12-18(26-20)11-15-4-3-5-17(10-15)25-2/h3-6,8,10,12,16H,7,9,11,13H2,1-2H3. The molecule has 3 aromatic rings. The number of rotatable bonds is 5. The molecule has 1 unspecified atom stereocenters. The van der Waals surface area contributed by atoms with Crippen LogP contribution in [-0.2, 0) is 6.42 Å². The van der Waals surface area contributed by atoms with Gasteiger partial charge in [0, 0.05) is 25.7 Å². The fraction of sp³-hybridized carbons (Fsp3) is 0.350. The Bertz CT molecular complexity index is 893. The van der Waals surface area contributed by atoms with Gasteiger partial charge in [0.05, 0.1) is 19.2 Å². The van der Waals surface area contributed by atoms with Crippen molar-refractivity contribution < 1.29 is 9.15 Å². The molecule has 1 aromatic carbocycles. The number of aryl methyl sites for hydroxylation is 1. The van der Waals surface area contributed by atoms with Crippen LogP contribution in [0.15, 0.2) is 47.1 Å². The summed E-state index contributed by atoms with van der Waals surface area (Å²) in [5.74, 6) is 4.62. The van der Waals surface area contributed by atoms with Crippen molar-refractivity contribution in [1.29, 1.82) is 0 Å². The lowest BCUT2D eigenvalue weighted by atomic mass is 10.1. The Hall–Kier alpha value is -2.89. The summed E-state index contributed by atoms with van der Waals surface area (Å²) in [5.41, 5.74) is 1.15. The number of anilines is 1. The van der Waals surface area contributed by atoms with Crippen molar-refractivity contribution in [2.45, 2.75) is 25.7 Å². The van der Waals surface area contributed by atoms with E-state index in [0.717, 1.165) is 54.1 Å². The molecule has 0 bridgehead atoms. The molecule has 0 aliphatic carbocycles. The highest BCUT2D eigenvalue weighted by atomic mass is 16.5. The number of oxazole rings is 1. The van der Waals surface area contributed by atoms with Gasteiger partial charge < -0.3 is 14.1 Å². The monoisotopic (exact) mass is 350 g/mol. The van der Waals surface area contributed by atoms with Crippen molar-refractivity contribution in [3.63, 3.8) is 0 Å². The molecular weight excluding hydrogens is 328 g/mol. The van der Waals surface area contributed by atoms with Gasteiger partial charge in [-0.1, -0.05) is 12.1 Å². The average molecular weight is 350 g/mol. The van der Waals surface area contributed by atoms with Gasteiger partial charge in [-0.2, -0.15) is 0 Å². The SMILES string of the molecule is COc1cccc(Cc2cnc(C3CCN(c4ccnc(C)n4)C3)o2)c1.